The smallest absolute Gasteiger partial charge is 0.342 e. The van der Waals surface area contributed by atoms with Gasteiger partial charge in [-0.15, -0.1) is 12.4 Å². The third-order valence-corrected chi connectivity index (χ3v) is 5.55. The molecule has 28 heavy (non-hydrogen) atoms. The van der Waals surface area contributed by atoms with Crippen molar-refractivity contribution < 1.29 is 22.8 Å². The van der Waals surface area contributed by atoms with Crippen LogP contribution in [0.1, 0.15) is 30.9 Å². The zero-order valence-corrected chi connectivity index (χ0v) is 16.5. The Labute approximate surface area is 168 Å². The third-order valence-electron chi connectivity index (χ3n) is 5.55. The number of likely N-dealkylation sites (tertiary alicyclic amines) is 2. The van der Waals surface area contributed by atoms with E-state index in [4.69, 9.17) is 5.73 Å². The van der Waals surface area contributed by atoms with Gasteiger partial charge in [-0.2, -0.15) is 13.2 Å². The summed E-state index contributed by atoms with van der Waals surface area (Å²) in [5, 5.41) is 0. The van der Waals surface area contributed by atoms with Gasteiger partial charge in [0, 0.05) is 32.6 Å². The first-order valence-corrected chi connectivity index (χ1v) is 9.04. The molecule has 3 rings (SSSR count). The first-order valence-electron chi connectivity index (χ1n) is 9.04. The van der Waals surface area contributed by atoms with Crippen LogP contribution in [0.15, 0.2) is 24.3 Å². The Morgan fingerprint density at radius 2 is 2.07 bits per heavy atom. The molecule has 2 fully saturated rings. The minimum Gasteiger partial charge on any atom is -0.342 e. The molecule has 2 N–H and O–H groups in total. The first-order chi connectivity index (χ1) is 12.6. The molecule has 0 bridgehead atoms. The van der Waals surface area contributed by atoms with Crippen LogP contribution in [0, 0.1) is 11.3 Å². The molecular weight excluding hydrogens is 395 g/mol. The second-order valence-electron chi connectivity index (χ2n) is 7.90. The van der Waals surface area contributed by atoms with Crippen LogP contribution >= 0.6 is 12.4 Å². The summed E-state index contributed by atoms with van der Waals surface area (Å²) in [5.74, 6) is -0.706. The summed E-state index contributed by atoms with van der Waals surface area (Å²) in [6.45, 7) is 4.07. The van der Waals surface area contributed by atoms with Crippen molar-refractivity contribution >= 4 is 24.2 Å². The minimum absolute atomic E-state index is 0. The number of hydrogen-bond donors (Lipinski definition) is 1. The summed E-state index contributed by atoms with van der Waals surface area (Å²) in [6, 6.07) is 4.95. The maximum absolute atomic E-state index is 12.9. The fourth-order valence-electron chi connectivity index (χ4n) is 3.79. The van der Waals surface area contributed by atoms with Crippen molar-refractivity contribution in [2.45, 2.75) is 32.5 Å². The van der Waals surface area contributed by atoms with E-state index in [-0.39, 0.29) is 49.1 Å². The van der Waals surface area contributed by atoms with E-state index < -0.39 is 17.7 Å². The van der Waals surface area contributed by atoms with Crippen molar-refractivity contribution in [1.29, 1.82) is 0 Å². The summed E-state index contributed by atoms with van der Waals surface area (Å²) >= 11 is 0. The average molecular weight is 420 g/mol. The Hall–Kier alpha value is -1.80. The van der Waals surface area contributed by atoms with Gasteiger partial charge in [0.2, 0.25) is 11.8 Å². The molecule has 2 heterocycles. The van der Waals surface area contributed by atoms with Crippen molar-refractivity contribution in [1.82, 2.24) is 9.80 Å². The molecule has 5 nitrogen and oxygen atoms in total. The normalized spacial score (nSPS) is 25.2. The van der Waals surface area contributed by atoms with Gasteiger partial charge in [-0.1, -0.05) is 19.1 Å². The molecule has 156 valence electrons. The number of amides is 2. The number of alkyl halides is 3. The van der Waals surface area contributed by atoms with Gasteiger partial charge < -0.3 is 15.5 Å². The molecule has 2 unspecified atom stereocenters. The summed E-state index contributed by atoms with van der Waals surface area (Å²) in [5.41, 5.74) is 5.36. The lowest BCUT2D eigenvalue weighted by Crippen LogP contribution is -2.38. The highest BCUT2D eigenvalue weighted by Crippen LogP contribution is 2.32. The zero-order chi connectivity index (χ0) is 19.8. The van der Waals surface area contributed by atoms with Crippen LogP contribution in [-0.4, -0.2) is 47.8 Å². The summed E-state index contributed by atoms with van der Waals surface area (Å²) < 4.78 is 38.6. The van der Waals surface area contributed by atoms with Gasteiger partial charge in [0.15, 0.2) is 0 Å². The number of hydrogen-bond acceptors (Lipinski definition) is 3. The fraction of sp³-hybridized carbons (Fsp3) is 0.579. The molecule has 0 radical (unpaired) electrons. The van der Waals surface area contributed by atoms with Crippen LogP contribution < -0.4 is 5.73 Å². The number of nitrogens with two attached hydrogens (primary N) is 1. The lowest BCUT2D eigenvalue weighted by atomic mass is 9.90. The van der Waals surface area contributed by atoms with E-state index in [0.29, 0.717) is 25.2 Å². The van der Waals surface area contributed by atoms with Gasteiger partial charge in [-0.05, 0) is 36.1 Å². The molecule has 0 aromatic heterocycles. The van der Waals surface area contributed by atoms with Crippen LogP contribution in [-0.2, 0) is 22.3 Å². The Bertz CT molecular complexity index is 743. The van der Waals surface area contributed by atoms with E-state index >= 15 is 0 Å². The topological polar surface area (TPSA) is 66.6 Å². The molecule has 2 aliphatic heterocycles. The SMILES string of the molecule is CC1(CN)CCN(C(=O)C2CC(=O)N(Cc3cccc(C(F)(F)F)c3)C2)C1.Cl. The van der Waals surface area contributed by atoms with Crippen LogP contribution in [0.4, 0.5) is 13.2 Å². The molecule has 1 aromatic carbocycles. The summed E-state index contributed by atoms with van der Waals surface area (Å²) in [4.78, 5) is 28.3. The van der Waals surface area contributed by atoms with Gasteiger partial charge in [-0.3, -0.25) is 9.59 Å². The summed E-state index contributed by atoms with van der Waals surface area (Å²) in [7, 11) is 0. The van der Waals surface area contributed by atoms with Crippen LogP contribution in [0.25, 0.3) is 0 Å². The molecule has 2 aliphatic rings. The van der Waals surface area contributed by atoms with E-state index in [1.807, 2.05) is 6.92 Å². The maximum Gasteiger partial charge on any atom is 0.416 e. The lowest BCUT2D eigenvalue weighted by Gasteiger charge is -2.24. The number of rotatable bonds is 4. The third kappa shape index (κ3) is 4.78. The van der Waals surface area contributed by atoms with Crippen molar-refractivity contribution in [3.63, 3.8) is 0 Å². The van der Waals surface area contributed by atoms with E-state index in [2.05, 4.69) is 0 Å². The fourth-order valence-corrected chi connectivity index (χ4v) is 3.79. The number of carbonyl (C=O) groups is 2. The standard InChI is InChI=1S/C19H24F3N3O2.ClH/c1-18(11-23)5-6-24(12-18)17(27)14-8-16(26)25(10-14)9-13-3-2-4-15(7-13)19(20,21)22;/h2-4,7,14H,5-6,8-12,23H2,1H3;1H. The molecule has 9 heteroatoms. The Balaban J connectivity index is 0.00000280. The molecule has 0 spiro atoms. The second-order valence-corrected chi connectivity index (χ2v) is 7.90. The largest absolute Gasteiger partial charge is 0.416 e. The highest BCUT2D eigenvalue weighted by molar-refractivity contribution is 5.89. The molecule has 2 amide bonds. The Morgan fingerprint density at radius 1 is 1.36 bits per heavy atom. The molecular formula is C19H25ClF3N3O2. The van der Waals surface area contributed by atoms with Crippen LogP contribution in [0.2, 0.25) is 0 Å². The van der Waals surface area contributed by atoms with Gasteiger partial charge >= 0.3 is 6.18 Å². The van der Waals surface area contributed by atoms with E-state index in [1.165, 1.54) is 11.0 Å². The average Bonchev–Trinajstić information content (AvgIpc) is 3.18. The van der Waals surface area contributed by atoms with E-state index in [9.17, 15) is 22.8 Å². The van der Waals surface area contributed by atoms with E-state index in [1.54, 1.807) is 11.0 Å². The highest BCUT2D eigenvalue weighted by Gasteiger charge is 2.41. The summed E-state index contributed by atoms with van der Waals surface area (Å²) in [6.07, 6.45) is -3.48. The van der Waals surface area contributed by atoms with Gasteiger partial charge in [0.05, 0.1) is 11.5 Å². The molecule has 0 saturated carbocycles. The van der Waals surface area contributed by atoms with Crippen LogP contribution in [0.5, 0.6) is 0 Å². The molecule has 2 saturated heterocycles. The zero-order valence-electron chi connectivity index (χ0n) is 15.7. The van der Waals surface area contributed by atoms with Crippen molar-refractivity contribution in [3.8, 4) is 0 Å². The highest BCUT2D eigenvalue weighted by atomic mass is 35.5. The predicted molar refractivity (Wildman–Crippen MR) is 101 cm³/mol. The number of halogens is 4. The Morgan fingerprint density at radius 3 is 2.68 bits per heavy atom. The molecule has 2 atom stereocenters. The second kappa shape index (κ2) is 8.29. The van der Waals surface area contributed by atoms with Crippen molar-refractivity contribution in [2.75, 3.05) is 26.2 Å². The first kappa shape index (κ1) is 22.5. The maximum atomic E-state index is 12.9. The lowest BCUT2D eigenvalue weighted by molar-refractivity contribution is -0.137. The number of nitrogens with zero attached hydrogens (tertiary/aromatic N) is 2. The molecule has 1 aromatic rings. The van der Waals surface area contributed by atoms with E-state index in [0.717, 1.165) is 18.6 Å². The van der Waals surface area contributed by atoms with Gasteiger partial charge in [-0.25, -0.2) is 0 Å². The van der Waals surface area contributed by atoms with Crippen molar-refractivity contribution in [3.05, 3.63) is 35.4 Å². The number of carbonyl (C=O) groups excluding carboxylic acids is 2. The molecule has 0 aliphatic carbocycles. The predicted octanol–water partition coefficient (Wildman–Crippen LogP) is 2.67. The van der Waals surface area contributed by atoms with Crippen molar-refractivity contribution in [2.24, 2.45) is 17.1 Å². The number of benzene rings is 1. The van der Waals surface area contributed by atoms with Gasteiger partial charge in [0.1, 0.15) is 0 Å². The van der Waals surface area contributed by atoms with Crippen LogP contribution in [0.3, 0.4) is 0 Å². The van der Waals surface area contributed by atoms with Gasteiger partial charge in [0.25, 0.3) is 0 Å². The quantitative estimate of drug-likeness (QED) is 0.816. The monoisotopic (exact) mass is 419 g/mol. The minimum atomic E-state index is -4.42. The Kier molecular flexibility index (Phi) is 6.66.